The van der Waals surface area contributed by atoms with E-state index in [0.717, 1.165) is 26.2 Å². The monoisotopic (exact) mass is 246 g/mol. The number of rotatable bonds is 9. The molecule has 1 aromatic rings. The molecule has 18 heavy (non-hydrogen) atoms. The van der Waals surface area contributed by atoms with Crippen molar-refractivity contribution in [2.45, 2.75) is 20.3 Å². The highest BCUT2D eigenvalue weighted by Crippen LogP contribution is 1.99. The van der Waals surface area contributed by atoms with Gasteiger partial charge >= 0.3 is 0 Å². The zero-order chi connectivity index (χ0) is 13.1. The summed E-state index contributed by atoms with van der Waals surface area (Å²) in [5, 5.41) is 3.45. The third-order valence-electron chi connectivity index (χ3n) is 3.09. The molecular formula is C16H26N2. The van der Waals surface area contributed by atoms with Gasteiger partial charge in [-0.1, -0.05) is 56.3 Å². The molecule has 0 amide bonds. The first-order valence-electron chi connectivity index (χ1n) is 7.01. The van der Waals surface area contributed by atoms with E-state index in [1.54, 1.807) is 0 Å². The van der Waals surface area contributed by atoms with E-state index in [4.69, 9.17) is 0 Å². The van der Waals surface area contributed by atoms with Crippen LogP contribution >= 0.6 is 0 Å². The maximum atomic E-state index is 3.45. The van der Waals surface area contributed by atoms with Crippen LogP contribution in [-0.4, -0.2) is 37.6 Å². The van der Waals surface area contributed by atoms with Crippen LogP contribution in [0.2, 0.25) is 0 Å². The molecule has 1 N–H and O–H groups in total. The second-order valence-electron chi connectivity index (χ2n) is 4.40. The predicted octanol–water partition coefficient (Wildman–Crippen LogP) is 3.02. The van der Waals surface area contributed by atoms with Gasteiger partial charge in [-0.05, 0) is 38.2 Å². The first-order chi connectivity index (χ1) is 8.86. The Kier molecular flexibility index (Phi) is 8.19. The van der Waals surface area contributed by atoms with Gasteiger partial charge in [0.15, 0.2) is 0 Å². The fourth-order valence-electron chi connectivity index (χ4n) is 1.91. The summed E-state index contributed by atoms with van der Waals surface area (Å²) >= 11 is 0. The van der Waals surface area contributed by atoms with Gasteiger partial charge in [0.1, 0.15) is 0 Å². The van der Waals surface area contributed by atoms with Gasteiger partial charge in [0.2, 0.25) is 0 Å². The van der Waals surface area contributed by atoms with Crippen molar-refractivity contribution in [3.63, 3.8) is 0 Å². The lowest BCUT2D eigenvalue weighted by Gasteiger charge is -2.17. The Hall–Kier alpha value is -1.12. The smallest absolute Gasteiger partial charge is 0.0138 e. The molecule has 0 aliphatic heterocycles. The second-order valence-corrected chi connectivity index (χ2v) is 4.40. The van der Waals surface area contributed by atoms with Crippen molar-refractivity contribution >= 4 is 6.08 Å². The fourth-order valence-corrected chi connectivity index (χ4v) is 1.91. The van der Waals surface area contributed by atoms with Gasteiger partial charge in [-0.3, -0.25) is 0 Å². The first-order valence-corrected chi connectivity index (χ1v) is 7.01. The number of hydrogen-bond donors (Lipinski definition) is 1. The summed E-state index contributed by atoms with van der Waals surface area (Å²) in [6.45, 7) is 10.00. The lowest BCUT2D eigenvalue weighted by atomic mass is 10.2. The molecule has 0 heterocycles. The van der Waals surface area contributed by atoms with Gasteiger partial charge in [-0.15, -0.1) is 0 Å². The van der Waals surface area contributed by atoms with E-state index in [1.807, 2.05) is 6.07 Å². The third-order valence-corrected chi connectivity index (χ3v) is 3.09. The van der Waals surface area contributed by atoms with E-state index in [1.165, 1.54) is 18.5 Å². The van der Waals surface area contributed by atoms with Gasteiger partial charge in [0, 0.05) is 6.54 Å². The molecule has 0 fully saturated rings. The minimum atomic E-state index is 0.952. The summed E-state index contributed by atoms with van der Waals surface area (Å²) in [5.41, 5.74) is 1.27. The Balaban J connectivity index is 2.03. The fraction of sp³-hybridized carbons (Fsp3) is 0.500. The van der Waals surface area contributed by atoms with Crippen LogP contribution in [0.1, 0.15) is 25.8 Å². The van der Waals surface area contributed by atoms with Crippen LogP contribution < -0.4 is 5.32 Å². The third kappa shape index (κ3) is 6.58. The number of benzene rings is 1. The summed E-state index contributed by atoms with van der Waals surface area (Å²) in [4.78, 5) is 2.46. The molecule has 0 unspecified atom stereocenters. The van der Waals surface area contributed by atoms with Gasteiger partial charge < -0.3 is 10.2 Å². The Bertz CT molecular complexity index is 315. The zero-order valence-electron chi connectivity index (χ0n) is 11.7. The zero-order valence-corrected chi connectivity index (χ0v) is 11.7. The van der Waals surface area contributed by atoms with Crippen LogP contribution in [0.3, 0.4) is 0 Å². The van der Waals surface area contributed by atoms with Crippen LogP contribution in [0.5, 0.6) is 0 Å². The lowest BCUT2D eigenvalue weighted by Crippen LogP contribution is -2.27. The quantitative estimate of drug-likeness (QED) is 0.674. The average molecular weight is 246 g/mol. The Morgan fingerprint density at radius 3 is 2.50 bits per heavy atom. The van der Waals surface area contributed by atoms with Crippen LogP contribution in [0, 0.1) is 0 Å². The minimum Gasteiger partial charge on any atom is -0.313 e. The molecule has 1 aromatic carbocycles. The van der Waals surface area contributed by atoms with Crippen LogP contribution in [-0.2, 0) is 0 Å². The highest BCUT2D eigenvalue weighted by Gasteiger charge is 1.96. The summed E-state index contributed by atoms with van der Waals surface area (Å²) in [5.74, 6) is 0. The SMILES string of the molecule is CCN(CC)CCCNC/C=C/c1ccccc1. The summed E-state index contributed by atoms with van der Waals surface area (Å²) in [6.07, 6.45) is 5.57. The van der Waals surface area contributed by atoms with Crippen LogP contribution in [0.15, 0.2) is 36.4 Å². The maximum Gasteiger partial charge on any atom is 0.0138 e. The molecule has 0 aliphatic rings. The molecule has 2 heteroatoms. The van der Waals surface area contributed by atoms with Gasteiger partial charge in [0.05, 0.1) is 0 Å². The van der Waals surface area contributed by atoms with E-state index < -0.39 is 0 Å². The van der Waals surface area contributed by atoms with E-state index in [2.05, 4.69) is 60.5 Å². The Labute approximate surface area is 112 Å². The Morgan fingerprint density at radius 2 is 1.83 bits per heavy atom. The minimum absolute atomic E-state index is 0.952. The maximum absolute atomic E-state index is 3.45. The molecular weight excluding hydrogens is 220 g/mol. The van der Waals surface area contributed by atoms with Crippen molar-refractivity contribution in [2.75, 3.05) is 32.7 Å². The molecule has 0 radical (unpaired) electrons. The van der Waals surface area contributed by atoms with Crippen molar-refractivity contribution < 1.29 is 0 Å². The molecule has 1 rings (SSSR count). The molecule has 0 bridgehead atoms. The summed E-state index contributed by atoms with van der Waals surface area (Å²) in [7, 11) is 0. The van der Waals surface area contributed by atoms with Crippen molar-refractivity contribution in [3.8, 4) is 0 Å². The summed E-state index contributed by atoms with van der Waals surface area (Å²) < 4.78 is 0. The van der Waals surface area contributed by atoms with Crippen molar-refractivity contribution in [1.82, 2.24) is 10.2 Å². The average Bonchev–Trinajstić information content (AvgIpc) is 2.43. The van der Waals surface area contributed by atoms with E-state index in [0.29, 0.717) is 0 Å². The largest absolute Gasteiger partial charge is 0.313 e. The first kappa shape index (κ1) is 14.9. The topological polar surface area (TPSA) is 15.3 Å². The molecule has 0 spiro atoms. The van der Waals surface area contributed by atoms with Crippen molar-refractivity contribution in [1.29, 1.82) is 0 Å². The molecule has 0 aliphatic carbocycles. The van der Waals surface area contributed by atoms with Crippen LogP contribution in [0.4, 0.5) is 0 Å². The van der Waals surface area contributed by atoms with E-state index >= 15 is 0 Å². The number of nitrogens with zero attached hydrogens (tertiary/aromatic N) is 1. The van der Waals surface area contributed by atoms with Crippen molar-refractivity contribution in [2.24, 2.45) is 0 Å². The van der Waals surface area contributed by atoms with Crippen LogP contribution in [0.25, 0.3) is 6.08 Å². The molecule has 2 nitrogen and oxygen atoms in total. The molecule has 0 saturated heterocycles. The summed E-state index contributed by atoms with van der Waals surface area (Å²) in [6, 6.07) is 10.4. The highest BCUT2D eigenvalue weighted by atomic mass is 15.1. The highest BCUT2D eigenvalue weighted by molar-refractivity contribution is 5.48. The van der Waals surface area contributed by atoms with E-state index in [-0.39, 0.29) is 0 Å². The molecule has 0 saturated carbocycles. The van der Waals surface area contributed by atoms with Gasteiger partial charge in [-0.25, -0.2) is 0 Å². The standard InChI is InChI=1S/C16H26N2/c1-3-18(4-2)15-9-14-17-13-8-12-16-10-6-5-7-11-16/h5-8,10-12,17H,3-4,9,13-15H2,1-2H3/b12-8+. The number of hydrogen-bond acceptors (Lipinski definition) is 2. The Morgan fingerprint density at radius 1 is 1.11 bits per heavy atom. The van der Waals surface area contributed by atoms with Gasteiger partial charge in [0.25, 0.3) is 0 Å². The number of nitrogens with one attached hydrogen (secondary N) is 1. The second kappa shape index (κ2) is 9.86. The van der Waals surface area contributed by atoms with Crippen molar-refractivity contribution in [3.05, 3.63) is 42.0 Å². The lowest BCUT2D eigenvalue weighted by molar-refractivity contribution is 0.298. The normalized spacial score (nSPS) is 11.5. The molecule has 0 atom stereocenters. The molecule has 0 aromatic heterocycles. The van der Waals surface area contributed by atoms with E-state index in [9.17, 15) is 0 Å². The van der Waals surface area contributed by atoms with Gasteiger partial charge in [-0.2, -0.15) is 0 Å². The predicted molar refractivity (Wildman–Crippen MR) is 80.8 cm³/mol. The molecule has 100 valence electrons.